The van der Waals surface area contributed by atoms with Gasteiger partial charge in [-0.2, -0.15) is 0 Å². The summed E-state index contributed by atoms with van der Waals surface area (Å²) in [5.41, 5.74) is -0.538. The summed E-state index contributed by atoms with van der Waals surface area (Å²) in [4.78, 5) is 22.9. The molecule has 0 spiro atoms. The van der Waals surface area contributed by atoms with Crippen LogP contribution >= 0.6 is 0 Å². The first-order chi connectivity index (χ1) is 8.67. The monoisotopic (exact) mass is 271 g/mol. The highest BCUT2D eigenvalue weighted by Crippen LogP contribution is 2.47. The molecule has 0 aromatic rings. The third-order valence-corrected chi connectivity index (χ3v) is 3.79. The Morgan fingerprint density at radius 2 is 1.95 bits per heavy atom. The van der Waals surface area contributed by atoms with E-state index in [0.717, 1.165) is 25.7 Å². The van der Waals surface area contributed by atoms with Crippen molar-refractivity contribution in [2.45, 2.75) is 71.4 Å². The first-order valence-corrected chi connectivity index (χ1v) is 6.90. The zero-order valence-corrected chi connectivity index (χ0v) is 12.3. The number of amides is 1. The molecule has 110 valence electrons. The molecule has 0 aromatic heterocycles. The molecule has 2 N–H and O–H groups in total. The molecule has 1 saturated carbocycles. The fourth-order valence-corrected chi connectivity index (χ4v) is 2.46. The lowest BCUT2D eigenvalue weighted by atomic mass is 9.64. The van der Waals surface area contributed by atoms with E-state index in [1.54, 1.807) is 20.8 Å². The molecule has 0 radical (unpaired) electrons. The maximum Gasteiger partial charge on any atom is 0.408 e. The van der Waals surface area contributed by atoms with Crippen LogP contribution in [-0.2, 0) is 9.53 Å². The molecule has 19 heavy (non-hydrogen) atoms. The fraction of sp³-hybridized carbons (Fsp3) is 0.857. The van der Waals surface area contributed by atoms with Gasteiger partial charge in [-0.25, -0.2) is 9.59 Å². The lowest BCUT2D eigenvalue weighted by molar-refractivity contribution is -0.141. The number of carboxylic acids is 1. The van der Waals surface area contributed by atoms with Crippen LogP contribution in [0.25, 0.3) is 0 Å². The Bertz CT molecular complexity index is 336. The highest BCUT2D eigenvalue weighted by molar-refractivity contribution is 5.80. The van der Waals surface area contributed by atoms with Gasteiger partial charge in [0.15, 0.2) is 0 Å². The van der Waals surface area contributed by atoms with Crippen LogP contribution in [0, 0.1) is 5.41 Å². The van der Waals surface area contributed by atoms with Gasteiger partial charge in [0.1, 0.15) is 11.6 Å². The zero-order chi connectivity index (χ0) is 14.7. The number of carbonyl (C=O) groups is 2. The van der Waals surface area contributed by atoms with Crippen LogP contribution < -0.4 is 5.32 Å². The maximum absolute atomic E-state index is 11.7. The summed E-state index contributed by atoms with van der Waals surface area (Å²) >= 11 is 0. The molecule has 5 nitrogen and oxygen atoms in total. The predicted octanol–water partition coefficient (Wildman–Crippen LogP) is 2.93. The van der Waals surface area contributed by atoms with E-state index in [1.165, 1.54) is 0 Å². The molecule has 5 heteroatoms. The van der Waals surface area contributed by atoms with E-state index < -0.39 is 23.7 Å². The Kier molecular flexibility index (Phi) is 4.82. The molecule has 0 heterocycles. The number of nitrogens with one attached hydrogen (secondary N) is 1. The van der Waals surface area contributed by atoms with Gasteiger partial charge in [0, 0.05) is 0 Å². The van der Waals surface area contributed by atoms with E-state index in [-0.39, 0.29) is 5.41 Å². The van der Waals surface area contributed by atoms with Gasteiger partial charge in [0.05, 0.1) is 0 Å². The van der Waals surface area contributed by atoms with Crippen molar-refractivity contribution >= 4 is 12.1 Å². The summed E-state index contributed by atoms with van der Waals surface area (Å²) in [7, 11) is 0. The number of hydrogen-bond donors (Lipinski definition) is 2. The Labute approximate surface area is 114 Å². The summed E-state index contributed by atoms with van der Waals surface area (Å²) < 4.78 is 5.10. The first kappa shape index (κ1) is 15.8. The zero-order valence-electron chi connectivity index (χ0n) is 12.3. The Hall–Kier alpha value is -1.26. The number of ether oxygens (including phenoxy) is 1. The van der Waals surface area contributed by atoms with E-state index >= 15 is 0 Å². The predicted molar refractivity (Wildman–Crippen MR) is 72.0 cm³/mol. The number of hydrogen-bond acceptors (Lipinski definition) is 3. The highest BCUT2D eigenvalue weighted by Gasteiger charge is 2.39. The van der Waals surface area contributed by atoms with Crippen molar-refractivity contribution in [3.8, 4) is 0 Å². The van der Waals surface area contributed by atoms with Crippen LogP contribution in [0.15, 0.2) is 0 Å². The van der Waals surface area contributed by atoms with Crippen LogP contribution in [0.4, 0.5) is 4.79 Å². The summed E-state index contributed by atoms with van der Waals surface area (Å²) in [5.74, 6) is -0.995. The molecule has 0 aliphatic heterocycles. The van der Waals surface area contributed by atoms with E-state index in [4.69, 9.17) is 4.74 Å². The summed E-state index contributed by atoms with van der Waals surface area (Å²) in [6, 6.07) is -0.866. The number of carboxylic acid groups (broad SMARTS) is 1. The molecular formula is C14H25NO4. The number of carbonyl (C=O) groups excluding carboxylic acids is 1. The first-order valence-electron chi connectivity index (χ1n) is 6.90. The van der Waals surface area contributed by atoms with Crippen molar-refractivity contribution < 1.29 is 19.4 Å². The van der Waals surface area contributed by atoms with E-state index in [1.807, 2.05) is 0 Å². The molecule has 0 aromatic carbocycles. The van der Waals surface area contributed by atoms with Crippen molar-refractivity contribution in [2.75, 3.05) is 0 Å². The molecule has 1 aliphatic carbocycles. The van der Waals surface area contributed by atoms with Gasteiger partial charge in [0.25, 0.3) is 0 Å². The second-order valence-corrected chi connectivity index (χ2v) is 6.45. The average Bonchev–Trinajstić information content (AvgIpc) is 2.18. The molecule has 1 amide bonds. The molecule has 0 saturated heterocycles. The Morgan fingerprint density at radius 1 is 1.37 bits per heavy atom. The van der Waals surface area contributed by atoms with Crippen molar-refractivity contribution in [2.24, 2.45) is 5.41 Å². The molecule has 0 bridgehead atoms. The largest absolute Gasteiger partial charge is 0.480 e. The number of aliphatic carboxylic acids is 1. The summed E-state index contributed by atoms with van der Waals surface area (Å²) in [5, 5.41) is 11.7. The van der Waals surface area contributed by atoms with Crippen molar-refractivity contribution in [1.29, 1.82) is 0 Å². The van der Waals surface area contributed by atoms with Gasteiger partial charge in [-0.05, 0) is 45.4 Å². The smallest absolute Gasteiger partial charge is 0.408 e. The topological polar surface area (TPSA) is 75.6 Å². The normalized spacial score (nSPS) is 19.2. The second kappa shape index (κ2) is 5.80. The van der Waals surface area contributed by atoms with Crippen molar-refractivity contribution in [3.63, 3.8) is 0 Å². The van der Waals surface area contributed by atoms with Crippen molar-refractivity contribution in [1.82, 2.24) is 5.32 Å². The standard InChI is InChI=1S/C14H25NO4/c1-5-14(7-6-8-14)9-10(11(16)17)15-12(18)19-13(2,3)4/h10H,5-9H2,1-4H3,(H,15,18)(H,16,17). The van der Waals surface area contributed by atoms with Crippen LogP contribution in [0.3, 0.4) is 0 Å². The second-order valence-electron chi connectivity index (χ2n) is 6.45. The van der Waals surface area contributed by atoms with Crippen LogP contribution in [0.2, 0.25) is 0 Å². The minimum atomic E-state index is -0.995. The van der Waals surface area contributed by atoms with Gasteiger partial charge in [0.2, 0.25) is 0 Å². The Balaban J connectivity index is 2.58. The Morgan fingerprint density at radius 3 is 2.26 bits per heavy atom. The van der Waals surface area contributed by atoms with Gasteiger partial charge in [-0.1, -0.05) is 19.8 Å². The number of alkyl carbamates (subject to hydrolysis) is 1. The minimum absolute atomic E-state index is 0.0814. The third-order valence-electron chi connectivity index (χ3n) is 3.79. The number of rotatable bonds is 5. The summed E-state index contributed by atoms with van der Waals surface area (Å²) in [6.07, 6.45) is 4.01. The molecule has 1 atom stereocenters. The lowest BCUT2D eigenvalue weighted by Gasteiger charge is -2.43. The fourth-order valence-electron chi connectivity index (χ4n) is 2.46. The SMILES string of the molecule is CCC1(CC(NC(=O)OC(C)(C)C)C(=O)O)CCC1. The van der Waals surface area contributed by atoms with Crippen LogP contribution in [0.1, 0.15) is 59.8 Å². The molecule has 1 unspecified atom stereocenters. The van der Waals surface area contributed by atoms with E-state index in [9.17, 15) is 14.7 Å². The van der Waals surface area contributed by atoms with Gasteiger partial charge >= 0.3 is 12.1 Å². The molecule has 1 rings (SSSR count). The maximum atomic E-state index is 11.7. The molecule has 1 fully saturated rings. The molecule has 1 aliphatic rings. The lowest BCUT2D eigenvalue weighted by Crippen LogP contribution is -2.47. The van der Waals surface area contributed by atoms with E-state index in [0.29, 0.717) is 6.42 Å². The van der Waals surface area contributed by atoms with Crippen LogP contribution in [-0.4, -0.2) is 28.8 Å². The van der Waals surface area contributed by atoms with Crippen molar-refractivity contribution in [3.05, 3.63) is 0 Å². The quantitative estimate of drug-likeness (QED) is 0.806. The van der Waals surface area contributed by atoms with Crippen LogP contribution in [0.5, 0.6) is 0 Å². The van der Waals surface area contributed by atoms with Gasteiger partial charge in [-0.15, -0.1) is 0 Å². The average molecular weight is 271 g/mol. The highest BCUT2D eigenvalue weighted by atomic mass is 16.6. The minimum Gasteiger partial charge on any atom is -0.480 e. The molecular weight excluding hydrogens is 246 g/mol. The van der Waals surface area contributed by atoms with E-state index in [2.05, 4.69) is 12.2 Å². The van der Waals surface area contributed by atoms with Gasteiger partial charge < -0.3 is 15.2 Å². The summed E-state index contributed by atoms with van der Waals surface area (Å²) in [6.45, 7) is 7.33. The third kappa shape index (κ3) is 4.73. The van der Waals surface area contributed by atoms with Gasteiger partial charge in [-0.3, -0.25) is 0 Å².